The zero-order valence-corrected chi connectivity index (χ0v) is 5.79. The topological polar surface area (TPSA) is 52.9 Å². The van der Waals surface area contributed by atoms with Gasteiger partial charge in [0, 0.05) is 6.26 Å². The van der Waals surface area contributed by atoms with Crippen LogP contribution in [0.25, 0.3) is 0 Å². The van der Waals surface area contributed by atoms with E-state index in [4.69, 9.17) is 5.26 Å². The number of nitriles is 1. The van der Waals surface area contributed by atoms with E-state index in [-0.39, 0.29) is 5.57 Å². The van der Waals surface area contributed by atoms with Crippen molar-refractivity contribution in [2.45, 2.75) is 0 Å². The Morgan fingerprint density at radius 1 is 1.89 bits per heavy atom. The van der Waals surface area contributed by atoms with E-state index in [1.807, 2.05) is 0 Å². The molecule has 9 heavy (non-hydrogen) atoms. The van der Waals surface area contributed by atoms with Crippen LogP contribution >= 0.6 is 11.9 Å². The Morgan fingerprint density at radius 3 is 2.78 bits per heavy atom. The summed E-state index contributed by atoms with van der Waals surface area (Å²) in [5.74, 6) is -0.426. The second-order valence-corrected chi connectivity index (χ2v) is 1.84. The van der Waals surface area contributed by atoms with Gasteiger partial charge in [0.25, 0.3) is 5.91 Å². The lowest BCUT2D eigenvalue weighted by molar-refractivity contribution is -0.115. The molecule has 0 aromatic carbocycles. The summed E-state index contributed by atoms with van der Waals surface area (Å²) < 4.78 is 2.35. The van der Waals surface area contributed by atoms with E-state index in [2.05, 4.69) is 11.3 Å². The smallest absolute Gasteiger partial charge is 0.271 e. The van der Waals surface area contributed by atoms with Crippen LogP contribution in [-0.2, 0) is 4.79 Å². The normalized spacial score (nSPS) is 7.56. The van der Waals surface area contributed by atoms with Gasteiger partial charge in [-0.25, -0.2) is 0 Å². The van der Waals surface area contributed by atoms with Crippen LogP contribution in [0.1, 0.15) is 0 Å². The quantitative estimate of drug-likeness (QED) is 0.346. The van der Waals surface area contributed by atoms with Gasteiger partial charge in [-0.3, -0.25) is 9.52 Å². The second-order valence-electron chi connectivity index (χ2n) is 1.23. The van der Waals surface area contributed by atoms with Crippen LogP contribution in [0.4, 0.5) is 0 Å². The van der Waals surface area contributed by atoms with Crippen molar-refractivity contribution in [1.29, 1.82) is 5.26 Å². The van der Waals surface area contributed by atoms with E-state index in [1.54, 1.807) is 12.3 Å². The lowest BCUT2D eigenvalue weighted by atomic mass is 10.3. The molecule has 0 aromatic heterocycles. The number of rotatable bonds is 2. The Balaban J connectivity index is 3.78. The summed E-state index contributed by atoms with van der Waals surface area (Å²) in [5.41, 5.74) is -0.0654. The Hall–Kier alpha value is -0.950. The molecular weight excluding hydrogens is 136 g/mol. The highest BCUT2D eigenvalue weighted by molar-refractivity contribution is 7.97. The molecule has 0 saturated heterocycles. The zero-order chi connectivity index (χ0) is 7.28. The molecule has 0 aromatic rings. The van der Waals surface area contributed by atoms with E-state index >= 15 is 0 Å². The van der Waals surface area contributed by atoms with Gasteiger partial charge < -0.3 is 0 Å². The molecule has 0 rings (SSSR count). The summed E-state index contributed by atoms with van der Waals surface area (Å²) >= 11 is 1.14. The average molecular weight is 142 g/mol. The number of nitrogens with zero attached hydrogens (tertiary/aromatic N) is 1. The van der Waals surface area contributed by atoms with E-state index in [1.165, 1.54) is 0 Å². The first-order valence-electron chi connectivity index (χ1n) is 2.14. The first kappa shape index (κ1) is 8.05. The minimum absolute atomic E-state index is 0.0654. The number of amides is 1. The van der Waals surface area contributed by atoms with Crippen LogP contribution in [0, 0.1) is 11.3 Å². The number of nitrogens with one attached hydrogen (secondary N) is 1. The first-order chi connectivity index (χ1) is 4.22. The van der Waals surface area contributed by atoms with Gasteiger partial charge in [0.15, 0.2) is 0 Å². The highest BCUT2D eigenvalue weighted by atomic mass is 32.2. The molecule has 0 heterocycles. The molecule has 0 fully saturated rings. The standard InChI is InChI=1S/C5H6N2OS/c1-4(3-6)5(8)7-9-2/h1H2,2H3,(H,7,8). The van der Waals surface area contributed by atoms with Crippen LogP contribution in [-0.4, -0.2) is 12.2 Å². The summed E-state index contributed by atoms with van der Waals surface area (Å²) in [6, 6.07) is 1.63. The molecule has 0 bridgehead atoms. The van der Waals surface area contributed by atoms with Gasteiger partial charge in [0.05, 0.1) is 0 Å². The fourth-order valence-corrected chi connectivity index (χ4v) is 0.514. The summed E-state index contributed by atoms with van der Waals surface area (Å²) in [4.78, 5) is 10.5. The number of hydrogen-bond donors (Lipinski definition) is 1. The van der Waals surface area contributed by atoms with Crippen molar-refractivity contribution in [3.63, 3.8) is 0 Å². The minimum atomic E-state index is -0.426. The Kier molecular flexibility index (Phi) is 3.56. The molecule has 0 atom stereocenters. The molecular formula is C5H6N2OS. The summed E-state index contributed by atoms with van der Waals surface area (Å²) in [7, 11) is 0. The molecule has 1 amide bonds. The van der Waals surface area contributed by atoms with Crippen LogP contribution in [0.3, 0.4) is 0 Å². The Morgan fingerprint density at radius 2 is 2.44 bits per heavy atom. The van der Waals surface area contributed by atoms with Crippen molar-refractivity contribution < 1.29 is 4.79 Å². The van der Waals surface area contributed by atoms with Crippen molar-refractivity contribution in [2.75, 3.05) is 6.26 Å². The highest BCUT2D eigenvalue weighted by Gasteiger charge is 2.01. The van der Waals surface area contributed by atoms with Gasteiger partial charge in [-0.05, 0) is 0 Å². The predicted molar refractivity (Wildman–Crippen MR) is 36.4 cm³/mol. The van der Waals surface area contributed by atoms with Gasteiger partial charge in [0.2, 0.25) is 0 Å². The third-order valence-corrected chi connectivity index (χ3v) is 0.993. The van der Waals surface area contributed by atoms with E-state index in [0.29, 0.717) is 0 Å². The fraction of sp³-hybridized carbons (Fsp3) is 0.200. The van der Waals surface area contributed by atoms with Crippen molar-refractivity contribution in [2.24, 2.45) is 0 Å². The molecule has 0 aliphatic rings. The van der Waals surface area contributed by atoms with Crippen molar-refractivity contribution in [3.05, 3.63) is 12.2 Å². The van der Waals surface area contributed by atoms with Crippen LogP contribution < -0.4 is 4.72 Å². The van der Waals surface area contributed by atoms with Crippen molar-refractivity contribution >= 4 is 17.9 Å². The van der Waals surface area contributed by atoms with E-state index in [9.17, 15) is 4.79 Å². The molecule has 0 radical (unpaired) electrons. The molecule has 1 N–H and O–H groups in total. The summed E-state index contributed by atoms with van der Waals surface area (Å²) in [6.45, 7) is 3.21. The maximum absolute atomic E-state index is 10.5. The number of carbonyl (C=O) groups is 1. The van der Waals surface area contributed by atoms with Gasteiger partial charge in [0.1, 0.15) is 11.6 Å². The molecule has 0 aliphatic carbocycles. The lowest BCUT2D eigenvalue weighted by Crippen LogP contribution is -2.15. The molecule has 0 spiro atoms. The number of carbonyl (C=O) groups excluding carboxylic acids is 1. The van der Waals surface area contributed by atoms with Crippen LogP contribution in [0.2, 0.25) is 0 Å². The Labute approximate surface area is 57.9 Å². The molecule has 3 nitrogen and oxygen atoms in total. The maximum atomic E-state index is 10.5. The third-order valence-electron chi connectivity index (χ3n) is 0.604. The lowest BCUT2D eigenvalue weighted by Gasteiger charge is -1.94. The SMILES string of the molecule is C=C(C#N)C(=O)NSC. The second kappa shape index (κ2) is 3.98. The minimum Gasteiger partial charge on any atom is -0.296 e. The molecule has 0 aliphatic heterocycles. The van der Waals surface area contributed by atoms with Crippen molar-refractivity contribution in [1.82, 2.24) is 4.72 Å². The molecule has 0 saturated carbocycles. The van der Waals surface area contributed by atoms with Gasteiger partial charge >= 0.3 is 0 Å². The predicted octanol–water partition coefficient (Wildman–Crippen LogP) is 0.460. The molecule has 48 valence electrons. The first-order valence-corrected chi connectivity index (χ1v) is 3.37. The molecule has 0 unspecified atom stereocenters. The summed E-state index contributed by atoms with van der Waals surface area (Å²) in [6.07, 6.45) is 1.70. The number of hydrogen-bond acceptors (Lipinski definition) is 3. The van der Waals surface area contributed by atoms with Crippen LogP contribution in [0.15, 0.2) is 12.2 Å². The van der Waals surface area contributed by atoms with Gasteiger partial charge in [-0.15, -0.1) is 0 Å². The average Bonchev–Trinajstić information content (AvgIpc) is 1.87. The highest BCUT2D eigenvalue weighted by Crippen LogP contribution is 1.90. The fourth-order valence-electron chi connectivity index (χ4n) is 0.205. The van der Waals surface area contributed by atoms with Crippen molar-refractivity contribution in [3.8, 4) is 6.07 Å². The van der Waals surface area contributed by atoms with E-state index < -0.39 is 5.91 Å². The van der Waals surface area contributed by atoms with E-state index in [0.717, 1.165) is 11.9 Å². The van der Waals surface area contributed by atoms with Gasteiger partial charge in [-0.2, -0.15) is 5.26 Å². The largest absolute Gasteiger partial charge is 0.296 e. The third kappa shape index (κ3) is 2.77. The maximum Gasteiger partial charge on any atom is 0.271 e. The zero-order valence-electron chi connectivity index (χ0n) is 4.97. The van der Waals surface area contributed by atoms with Gasteiger partial charge in [-0.1, -0.05) is 18.5 Å². The monoisotopic (exact) mass is 142 g/mol. The molecule has 4 heteroatoms. The Bertz CT molecular complexity index is 170. The van der Waals surface area contributed by atoms with Crippen LogP contribution in [0.5, 0.6) is 0 Å². The summed E-state index contributed by atoms with van der Waals surface area (Å²) in [5, 5.41) is 8.11.